The van der Waals surface area contributed by atoms with E-state index in [0.717, 1.165) is 12.1 Å². The quantitative estimate of drug-likeness (QED) is 0.0260. The number of halogens is 2. The first-order valence-corrected chi connectivity index (χ1v) is 25.6. The number of fused-ring (bicyclic) bond motifs is 2. The van der Waals surface area contributed by atoms with E-state index < -0.39 is 43.5 Å². The van der Waals surface area contributed by atoms with Crippen LogP contribution in [-0.4, -0.2) is 106 Å². The predicted octanol–water partition coefficient (Wildman–Crippen LogP) is 11.5. The van der Waals surface area contributed by atoms with Gasteiger partial charge in [0.1, 0.15) is 28.6 Å². The number of azo groups is 2. The maximum absolute atomic E-state index is 13.3. The third-order valence-corrected chi connectivity index (χ3v) is 13.6. The molecule has 380 valence electrons. The molecule has 8 aromatic carbocycles. The van der Waals surface area contributed by atoms with Gasteiger partial charge in [-0.15, -0.1) is 15.3 Å². The van der Waals surface area contributed by atoms with Gasteiger partial charge in [0.05, 0.1) is 51.0 Å². The number of carbonyl (C=O) groups is 1. The molecule has 0 radical (unpaired) electrons. The smallest absolute Gasteiger partial charge is 0.871 e. The maximum atomic E-state index is 13.3. The molecule has 0 saturated heterocycles. The van der Waals surface area contributed by atoms with E-state index in [-0.39, 0.29) is 103 Å². The summed E-state index contributed by atoms with van der Waals surface area (Å²) in [6.07, 6.45) is 0.602. The largest absolute Gasteiger partial charge is 2.00 e. The van der Waals surface area contributed by atoms with Crippen molar-refractivity contribution >= 4 is 160 Å². The molecule has 0 heterocycles. The summed E-state index contributed by atoms with van der Waals surface area (Å²) in [5.41, 5.74) is 0.826. The van der Waals surface area contributed by atoms with Crippen molar-refractivity contribution in [1.82, 2.24) is 0 Å². The van der Waals surface area contributed by atoms with Gasteiger partial charge in [-0.25, -0.2) is 0 Å². The molecule has 0 aliphatic rings. The van der Waals surface area contributed by atoms with E-state index in [9.17, 15) is 46.1 Å². The van der Waals surface area contributed by atoms with E-state index in [0.29, 0.717) is 68.4 Å². The van der Waals surface area contributed by atoms with Gasteiger partial charge in [0, 0.05) is 28.6 Å². The zero-order valence-electron chi connectivity index (χ0n) is 40.1. The van der Waals surface area contributed by atoms with Gasteiger partial charge in [-0.2, -0.15) is 21.9 Å². The number of benzene rings is 8. The van der Waals surface area contributed by atoms with E-state index in [1.165, 1.54) is 38.5 Å². The van der Waals surface area contributed by atoms with Crippen LogP contribution in [-0.2, 0) is 33.1 Å². The number of amides is 1. The van der Waals surface area contributed by atoms with E-state index in [2.05, 4.69) is 30.8 Å². The third-order valence-electron chi connectivity index (χ3n) is 11.2. The Balaban J connectivity index is 0.000000241. The van der Waals surface area contributed by atoms with Crippen molar-refractivity contribution < 1.29 is 55.5 Å². The Hall–Kier alpha value is -6.41. The molecule has 1 amide bonds. The number of nitrogens with one attached hydrogen (secondary N) is 1. The molecular formula is C52H42BaCl2N6O12S2. The van der Waals surface area contributed by atoms with E-state index in [1.54, 1.807) is 111 Å². The van der Waals surface area contributed by atoms with Crippen LogP contribution in [0.15, 0.2) is 169 Å². The number of hydrogen-bond donors (Lipinski definition) is 4. The molecule has 0 saturated carbocycles. The van der Waals surface area contributed by atoms with E-state index in [1.807, 2.05) is 0 Å². The number of hydrogen-bond acceptors (Lipinski definition) is 15. The Morgan fingerprint density at radius 1 is 0.627 bits per heavy atom. The molecule has 0 aliphatic heterocycles. The van der Waals surface area contributed by atoms with Crippen LogP contribution in [0, 0.1) is 0 Å². The fraction of sp³-hybridized carbons (Fsp3) is 0.115. The number of rotatable bonds is 14. The fourth-order valence-corrected chi connectivity index (χ4v) is 9.52. The van der Waals surface area contributed by atoms with Gasteiger partial charge >= 0.3 is 48.9 Å². The predicted molar refractivity (Wildman–Crippen MR) is 285 cm³/mol. The first-order valence-electron chi connectivity index (χ1n) is 22.0. The monoisotopic (exact) mass is 1210 g/mol. The maximum Gasteiger partial charge on any atom is 2.00 e. The van der Waals surface area contributed by atoms with Gasteiger partial charge < -0.3 is 30.1 Å². The molecule has 0 spiro atoms. The minimum atomic E-state index is -4.55. The van der Waals surface area contributed by atoms with Gasteiger partial charge in [-0.1, -0.05) is 103 Å². The summed E-state index contributed by atoms with van der Waals surface area (Å²) >= 11 is 12.5. The Labute approximate surface area is 481 Å². The molecule has 4 N–H and O–H groups in total. The zero-order chi connectivity index (χ0) is 53.5. The number of aliphatic imine (C=N–C) groups is 1. The summed E-state index contributed by atoms with van der Waals surface area (Å²) in [5.74, 6) is -1.47. The summed E-state index contributed by atoms with van der Waals surface area (Å²) in [7, 11) is -6.09. The molecule has 0 bridgehead atoms. The topological polar surface area (TPSA) is 284 Å². The first kappa shape index (κ1) is 57.9. The van der Waals surface area contributed by atoms with E-state index in [4.69, 9.17) is 32.7 Å². The molecule has 0 unspecified atom stereocenters. The van der Waals surface area contributed by atoms with Crippen LogP contribution >= 0.6 is 23.2 Å². The minimum absolute atomic E-state index is 0. The summed E-state index contributed by atoms with van der Waals surface area (Å²) in [6, 6.07) is 34.9. The first-order chi connectivity index (χ1) is 35.2. The molecule has 0 aliphatic carbocycles. The SMILES string of the molecule is CCc1cc(Cl)c(N=Nc2c(O)c(C(=O)Nc3cccc(OC)c3)cc3ccccc23)cc1S(=O)(=O)O.CCc1cc(Cl)c(N=Nc2c([O-])c(C([O-])=Nc3cccc(OC)c3)cc3ccccc23)cc1S(=O)(=O)O.[Ba+2]. The molecular weight excluding hydrogens is 1170 g/mol. The number of aromatic hydroxyl groups is 1. The van der Waals surface area contributed by atoms with Gasteiger partial charge in [0.2, 0.25) is 0 Å². The average Bonchev–Trinajstić information content (AvgIpc) is 3.37. The van der Waals surface area contributed by atoms with Gasteiger partial charge in [0.25, 0.3) is 26.1 Å². The number of carbonyl (C=O) groups excluding carboxylic acids is 1. The van der Waals surface area contributed by atoms with Crippen molar-refractivity contribution in [2.75, 3.05) is 19.5 Å². The molecule has 8 aromatic rings. The number of anilines is 1. The number of nitrogens with zero attached hydrogens (tertiary/aromatic N) is 5. The number of phenolic OH excluding ortho intramolecular Hbond substituents is 1. The number of methoxy groups -OCH3 is 2. The van der Waals surface area contributed by atoms with Crippen molar-refractivity contribution in [2.45, 2.75) is 36.5 Å². The summed E-state index contributed by atoms with van der Waals surface area (Å²) in [5, 5.41) is 58.6. The molecule has 0 aromatic heterocycles. The Morgan fingerprint density at radius 3 is 1.63 bits per heavy atom. The fourth-order valence-electron chi connectivity index (χ4n) is 7.48. The number of ether oxygens (including phenoxy) is 2. The second kappa shape index (κ2) is 25.0. The molecule has 18 nitrogen and oxygen atoms in total. The van der Waals surface area contributed by atoms with Crippen LogP contribution in [0.5, 0.6) is 23.0 Å². The summed E-state index contributed by atoms with van der Waals surface area (Å²) in [6.45, 7) is 3.42. The Morgan fingerprint density at radius 2 is 1.11 bits per heavy atom. The van der Waals surface area contributed by atoms with Gasteiger partial charge in [-0.3, -0.25) is 18.9 Å². The van der Waals surface area contributed by atoms with Crippen molar-refractivity contribution in [1.29, 1.82) is 0 Å². The van der Waals surface area contributed by atoms with Gasteiger partial charge in [-0.05, 0) is 107 Å². The van der Waals surface area contributed by atoms with Crippen LogP contribution in [0.4, 0.5) is 34.1 Å². The second-order valence-corrected chi connectivity index (χ2v) is 19.4. The minimum Gasteiger partial charge on any atom is -0.871 e. The summed E-state index contributed by atoms with van der Waals surface area (Å²) < 4.78 is 76.8. The van der Waals surface area contributed by atoms with Crippen LogP contribution in [0.2, 0.25) is 10.0 Å². The van der Waals surface area contributed by atoms with Gasteiger partial charge in [0.15, 0.2) is 5.75 Å². The van der Waals surface area contributed by atoms with Crippen molar-refractivity contribution in [3.63, 3.8) is 0 Å². The van der Waals surface area contributed by atoms with Crippen LogP contribution in [0.3, 0.4) is 0 Å². The van der Waals surface area contributed by atoms with Crippen molar-refractivity contribution in [2.24, 2.45) is 25.4 Å². The summed E-state index contributed by atoms with van der Waals surface area (Å²) in [4.78, 5) is 16.4. The molecule has 0 fully saturated rings. The second-order valence-electron chi connectivity index (χ2n) is 15.8. The van der Waals surface area contributed by atoms with Crippen molar-refractivity contribution in [3.8, 4) is 23.0 Å². The van der Waals surface area contributed by atoms with Crippen LogP contribution < -0.4 is 25.0 Å². The molecule has 0 atom stereocenters. The standard InChI is InChI=1S/2C26H22ClN3O6S.Ba/c2*1-3-15-12-21(27)22(14-23(15)37(33,34)35)29-30-24-19-10-5-4-7-16(19)11-20(25(24)31)26(32)28-17-8-6-9-18(13-17)36-2;/h2*4-14,31H,3H2,1-2H3,(H,28,32)(H,33,34,35);/q;;+2/p-2. The molecule has 23 heteroatoms. The van der Waals surface area contributed by atoms with Crippen LogP contribution in [0.1, 0.15) is 40.9 Å². The number of aryl methyl sites for hydroxylation is 2. The Bertz CT molecular complexity index is 3830. The zero-order valence-corrected chi connectivity index (χ0v) is 47.7. The average molecular weight is 1220 g/mol. The van der Waals surface area contributed by atoms with Crippen molar-refractivity contribution in [3.05, 3.63) is 166 Å². The van der Waals surface area contributed by atoms with E-state index >= 15 is 0 Å². The molecule has 8 rings (SSSR count). The van der Waals surface area contributed by atoms with Crippen LogP contribution in [0.25, 0.3) is 21.5 Å². The molecule has 75 heavy (non-hydrogen) atoms. The Kier molecular flexibility index (Phi) is 19.3. The third kappa shape index (κ3) is 13.7. The normalized spacial score (nSPS) is 11.9. The number of phenols is 1.